The molecule has 0 radical (unpaired) electrons. The molecule has 2 N–H and O–H groups in total. The highest BCUT2D eigenvalue weighted by Gasteiger charge is 2.24. The van der Waals surface area contributed by atoms with Gasteiger partial charge in [0.2, 0.25) is 0 Å². The number of rotatable bonds is 2. The first-order valence-corrected chi connectivity index (χ1v) is 7.76. The lowest BCUT2D eigenvalue weighted by Crippen LogP contribution is -2.34. The minimum absolute atomic E-state index is 0.280. The Bertz CT molecular complexity index is 465. The van der Waals surface area contributed by atoms with E-state index in [2.05, 4.69) is 30.9 Å². The van der Waals surface area contributed by atoms with Crippen molar-refractivity contribution in [2.24, 2.45) is 11.7 Å². The van der Waals surface area contributed by atoms with Gasteiger partial charge in [0.05, 0.1) is 0 Å². The fourth-order valence-corrected chi connectivity index (χ4v) is 3.78. The van der Waals surface area contributed by atoms with Gasteiger partial charge in [0.25, 0.3) is 0 Å². The topological polar surface area (TPSA) is 29.3 Å². The van der Waals surface area contributed by atoms with Gasteiger partial charge in [-0.25, -0.2) is 0 Å². The summed E-state index contributed by atoms with van der Waals surface area (Å²) in [4.78, 5) is 2.60. The van der Waals surface area contributed by atoms with E-state index in [1.807, 2.05) is 0 Å². The molecule has 2 aliphatic rings. The van der Waals surface area contributed by atoms with Crippen molar-refractivity contribution in [2.75, 3.05) is 13.1 Å². The molecule has 1 atom stereocenters. The van der Waals surface area contributed by atoms with Crippen molar-refractivity contribution in [3.8, 4) is 0 Å². The van der Waals surface area contributed by atoms with Gasteiger partial charge in [-0.05, 0) is 53.9 Å². The van der Waals surface area contributed by atoms with Crippen LogP contribution >= 0.6 is 0 Å². The molecule has 2 nitrogen and oxygen atoms in total. The van der Waals surface area contributed by atoms with E-state index in [0.29, 0.717) is 0 Å². The minimum atomic E-state index is 0.280. The van der Waals surface area contributed by atoms with Gasteiger partial charge in [0.15, 0.2) is 0 Å². The molecule has 2 heteroatoms. The van der Waals surface area contributed by atoms with Crippen LogP contribution in [0, 0.1) is 5.92 Å². The first-order valence-electron chi connectivity index (χ1n) is 7.76. The Morgan fingerprint density at radius 3 is 2.89 bits per heavy atom. The van der Waals surface area contributed by atoms with Crippen molar-refractivity contribution in [1.29, 1.82) is 0 Å². The van der Waals surface area contributed by atoms with E-state index in [4.69, 9.17) is 5.73 Å². The predicted molar refractivity (Wildman–Crippen MR) is 80.1 cm³/mol. The Hall–Kier alpha value is -0.860. The van der Waals surface area contributed by atoms with Crippen molar-refractivity contribution in [1.82, 2.24) is 4.90 Å². The highest BCUT2D eigenvalue weighted by atomic mass is 15.1. The zero-order valence-electron chi connectivity index (χ0n) is 12.3. The average molecular weight is 258 g/mol. The molecule has 0 saturated heterocycles. The molecule has 0 fully saturated rings. The van der Waals surface area contributed by atoms with Crippen LogP contribution in [-0.4, -0.2) is 18.0 Å². The smallest absolute Gasteiger partial charge is 0.0297 e. The van der Waals surface area contributed by atoms with Gasteiger partial charge in [0, 0.05) is 25.7 Å². The molecular weight excluding hydrogens is 232 g/mol. The van der Waals surface area contributed by atoms with Crippen LogP contribution in [0.4, 0.5) is 0 Å². The Labute approximate surface area is 117 Å². The number of hydrogen-bond acceptors (Lipinski definition) is 2. The Kier molecular flexibility index (Phi) is 3.64. The molecular formula is C17H26N2. The van der Waals surface area contributed by atoms with Crippen LogP contribution in [0.15, 0.2) is 12.1 Å². The van der Waals surface area contributed by atoms with Gasteiger partial charge in [-0.15, -0.1) is 0 Å². The van der Waals surface area contributed by atoms with Crippen LogP contribution < -0.4 is 5.73 Å². The van der Waals surface area contributed by atoms with Crippen molar-refractivity contribution in [2.45, 2.75) is 52.1 Å². The van der Waals surface area contributed by atoms with Crippen LogP contribution in [0.3, 0.4) is 0 Å². The summed E-state index contributed by atoms with van der Waals surface area (Å²) in [6.45, 7) is 8.19. The molecule has 0 aromatic heterocycles. The molecule has 0 amide bonds. The number of nitrogens with two attached hydrogens (primary N) is 1. The van der Waals surface area contributed by atoms with Crippen molar-refractivity contribution in [3.63, 3.8) is 0 Å². The van der Waals surface area contributed by atoms with Gasteiger partial charge in [0.1, 0.15) is 0 Å². The summed E-state index contributed by atoms with van der Waals surface area (Å²) in [5, 5.41) is 0. The highest BCUT2D eigenvalue weighted by molar-refractivity contribution is 5.45. The van der Waals surface area contributed by atoms with Crippen molar-refractivity contribution < 1.29 is 0 Å². The predicted octanol–water partition coefficient (Wildman–Crippen LogP) is 3.04. The van der Waals surface area contributed by atoms with E-state index in [1.165, 1.54) is 37.9 Å². The normalized spacial score (nSPS) is 23.3. The van der Waals surface area contributed by atoms with E-state index >= 15 is 0 Å². The van der Waals surface area contributed by atoms with Gasteiger partial charge in [-0.3, -0.25) is 4.90 Å². The number of fused-ring (bicyclic) bond motifs is 3. The van der Waals surface area contributed by atoms with Crippen LogP contribution in [-0.2, 0) is 19.4 Å². The zero-order chi connectivity index (χ0) is 13.4. The number of benzene rings is 1. The standard InChI is InChI=1S/C17H26N2/c1-12(2)10-19-9-8-14-13(11-19)6-7-16-15(14)4-3-5-17(16)18/h6-7,12,17H,3-5,8-11,18H2,1-2H3/t17-/m1/s1. The molecule has 0 bridgehead atoms. The molecule has 1 aliphatic carbocycles. The summed E-state index contributed by atoms with van der Waals surface area (Å²) < 4.78 is 0. The van der Waals surface area contributed by atoms with Gasteiger partial charge in [-0.1, -0.05) is 26.0 Å². The SMILES string of the molecule is CC(C)CN1CCc2c(ccc3c2CCC[C@H]3N)C1. The molecule has 1 aromatic rings. The quantitative estimate of drug-likeness (QED) is 0.883. The average Bonchev–Trinajstić information content (AvgIpc) is 2.38. The fraction of sp³-hybridized carbons (Fsp3) is 0.647. The lowest BCUT2D eigenvalue weighted by molar-refractivity contribution is 0.226. The maximum absolute atomic E-state index is 6.26. The number of nitrogens with zero attached hydrogens (tertiary/aromatic N) is 1. The molecule has 0 saturated carbocycles. The summed E-state index contributed by atoms with van der Waals surface area (Å²) in [6.07, 6.45) is 4.89. The molecule has 1 heterocycles. The second kappa shape index (κ2) is 5.26. The third kappa shape index (κ3) is 2.56. The van der Waals surface area contributed by atoms with Crippen LogP contribution in [0.5, 0.6) is 0 Å². The van der Waals surface area contributed by atoms with Gasteiger partial charge < -0.3 is 5.73 Å². The minimum Gasteiger partial charge on any atom is -0.324 e. The summed E-state index contributed by atoms with van der Waals surface area (Å²) in [6, 6.07) is 4.92. The largest absolute Gasteiger partial charge is 0.324 e. The lowest BCUT2D eigenvalue weighted by atomic mass is 9.81. The molecule has 19 heavy (non-hydrogen) atoms. The molecule has 0 unspecified atom stereocenters. The van der Waals surface area contributed by atoms with E-state index < -0.39 is 0 Å². The molecule has 3 rings (SSSR count). The van der Waals surface area contributed by atoms with E-state index in [0.717, 1.165) is 18.9 Å². The lowest BCUT2D eigenvalue weighted by Gasteiger charge is -2.34. The first-order chi connectivity index (χ1) is 9.15. The van der Waals surface area contributed by atoms with Crippen LogP contribution in [0.2, 0.25) is 0 Å². The van der Waals surface area contributed by atoms with Gasteiger partial charge >= 0.3 is 0 Å². The summed E-state index contributed by atoms with van der Waals surface area (Å²) in [5.74, 6) is 0.757. The van der Waals surface area contributed by atoms with E-state index in [9.17, 15) is 0 Å². The maximum atomic E-state index is 6.26. The third-order valence-electron chi connectivity index (χ3n) is 4.60. The number of hydrogen-bond donors (Lipinski definition) is 1. The van der Waals surface area contributed by atoms with Crippen molar-refractivity contribution >= 4 is 0 Å². The maximum Gasteiger partial charge on any atom is 0.0297 e. The monoisotopic (exact) mass is 258 g/mol. The first kappa shape index (κ1) is 13.1. The Morgan fingerprint density at radius 2 is 2.11 bits per heavy atom. The summed E-state index contributed by atoms with van der Waals surface area (Å²) in [7, 11) is 0. The third-order valence-corrected chi connectivity index (χ3v) is 4.60. The van der Waals surface area contributed by atoms with E-state index in [1.54, 1.807) is 16.7 Å². The molecule has 1 aliphatic heterocycles. The summed E-state index contributed by atoms with van der Waals surface area (Å²) in [5.41, 5.74) is 12.5. The van der Waals surface area contributed by atoms with Gasteiger partial charge in [-0.2, -0.15) is 0 Å². The second-order valence-electron chi connectivity index (χ2n) is 6.65. The molecule has 0 spiro atoms. The fourth-order valence-electron chi connectivity index (χ4n) is 3.78. The van der Waals surface area contributed by atoms with Crippen molar-refractivity contribution in [3.05, 3.63) is 34.4 Å². The van der Waals surface area contributed by atoms with E-state index in [-0.39, 0.29) is 6.04 Å². The Morgan fingerprint density at radius 1 is 1.26 bits per heavy atom. The zero-order valence-corrected chi connectivity index (χ0v) is 12.3. The molecule has 104 valence electrons. The Balaban J connectivity index is 1.88. The van der Waals surface area contributed by atoms with Crippen LogP contribution in [0.25, 0.3) is 0 Å². The second-order valence-corrected chi connectivity index (χ2v) is 6.65. The molecule has 1 aromatic carbocycles. The summed E-state index contributed by atoms with van der Waals surface area (Å²) >= 11 is 0. The highest BCUT2D eigenvalue weighted by Crippen LogP contribution is 2.34. The van der Waals surface area contributed by atoms with Crippen LogP contribution in [0.1, 0.15) is 55.0 Å².